The molecule has 0 N–H and O–H groups in total. The molecule has 2 aromatic carbocycles. The number of amides is 1. The molecule has 3 heterocycles. The van der Waals surface area contributed by atoms with Crippen molar-refractivity contribution in [3.05, 3.63) is 82.4 Å². The van der Waals surface area contributed by atoms with Crippen LogP contribution in [0.5, 0.6) is 0 Å². The molecule has 0 radical (unpaired) electrons. The number of halogens is 1. The van der Waals surface area contributed by atoms with E-state index >= 15 is 0 Å². The molecule has 2 fully saturated rings. The van der Waals surface area contributed by atoms with E-state index in [0.29, 0.717) is 32.4 Å². The van der Waals surface area contributed by atoms with Crippen molar-refractivity contribution in [2.24, 2.45) is 0 Å². The average Bonchev–Trinajstić information content (AvgIpc) is 3.40. The van der Waals surface area contributed by atoms with Crippen LogP contribution in [0, 0.1) is 0 Å². The van der Waals surface area contributed by atoms with Gasteiger partial charge in [-0.3, -0.25) is 14.6 Å². The van der Waals surface area contributed by atoms with Gasteiger partial charge in [-0.25, -0.2) is 0 Å². The van der Waals surface area contributed by atoms with E-state index in [1.54, 1.807) is 11.0 Å². The highest BCUT2D eigenvalue weighted by atomic mass is 35.5. The van der Waals surface area contributed by atoms with Gasteiger partial charge < -0.3 is 9.32 Å². The van der Waals surface area contributed by atoms with E-state index in [0.717, 1.165) is 31.7 Å². The topological polar surface area (TPSA) is 39.9 Å². The molecule has 168 valence electrons. The Bertz CT molecular complexity index is 1200. The van der Waals surface area contributed by atoms with Crippen LogP contribution in [0.1, 0.15) is 5.76 Å². The summed E-state index contributed by atoms with van der Waals surface area (Å²) < 4.78 is 6.51. The van der Waals surface area contributed by atoms with Gasteiger partial charge in [-0.1, -0.05) is 65.9 Å². The number of anilines is 1. The summed E-state index contributed by atoms with van der Waals surface area (Å²) in [5, 5.41) is 0.649. The first-order valence-electron chi connectivity index (χ1n) is 10.7. The summed E-state index contributed by atoms with van der Waals surface area (Å²) >= 11 is 12.9. The summed E-state index contributed by atoms with van der Waals surface area (Å²) in [6.45, 7) is 4.12. The van der Waals surface area contributed by atoms with E-state index in [4.69, 9.17) is 28.2 Å². The minimum absolute atomic E-state index is 0.0730. The standard InChI is InChI=1S/C25H22ClN3O2S2/c26-19-6-4-5-18(15-19)22-10-9-21(31-22)16-23-24(30)29(25(32)33-23)17-27-11-13-28(14-12-27)20-7-2-1-3-8-20/h1-10,15-16H,11-14,17H2/b23-16+. The zero-order valence-corrected chi connectivity index (χ0v) is 20.2. The van der Waals surface area contributed by atoms with Gasteiger partial charge in [-0.2, -0.15) is 0 Å². The Kier molecular flexibility index (Phi) is 6.55. The molecule has 8 heteroatoms. The van der Waals surface area contributed by atoms with Gasteiger partial charge in [-0.05, 0) is 36.4 Å². The van der Waals surface area contributed by atoms with E-state index in [2.05, 4.69) is 34.1 Å². The Morgan fingerprint density at radius 3 is 2.55 bits per heavy atom. The first kappa shape index (κ1) is 22.2. The number of carbonyl (C=O) groups is 1. The lowest BCUT2D eigenvalue weighted by atomic mass is 10.2. The number of para-hydroxylation sites is 1. The molecule has 5 nitrogen and oxygen atoms in total. The quantitative estimate of drug-likeness (QED) is 0.340. The summed E-state index contributed by atoms with van der Waals surface area (Å²) in [4.78, 5) is 20.0. The van der Waals surface area contributed by atoms with Crippen LogP contribution in [0.2, 0.25) is 5.02 Å². The number of carbonyl (C=O) groups excluding carboxylic acids is 1. The molecule has 0 unspecified atom stereocenters. The van der Waals surface area contributed by atoms with Crippen molar-refractivity contribution >= 4 is 57.6 Å². The molecule has 2 aliphatic heterocycles. The zero-order valence-electron chi connectivity index (χ0n) is 17.8. The second-order valence-corrected chi connectivity index (χ2v) is 10.0. The van der Waals surface area contributed by atoms with Gasteiger partial charge in [0.15, 0.2) is 0 Å². The van der Waals surface area contributed by atoms with Crippen molar-refractivity contribution in [1.29, 1.82) is 0 Å². The van der Waals surface area contributed by atoms with Gasteiger partial charge in [0.05, 0.1) is 11.6 Å². The molecule has 0 spiro atoms. The van der Waals surface area contributed by atoms with Gasteiger partial charge in [0.1, 0.15) is 15.8 Å². The first-order chi connectivity index (χ1) is 16.1. The Hall–Kier alpha value is -2.58. The Morgan fingerprint density at radius 1 is 1.00 bits per heavy atom. The number of furan rings is 1. The summed E-state index contributed by atoms with van der Waals surface area (Å²) in [7, 11) is 0. The lowest BCUT2D eigenvalue weighted by Gasteiger charge is -2.37. The molecule has 2 saturated heterocycles. The van der Waals surface area contributed by atoms with Gasteiger partial charge in [-0.15, -0.1) is 0 Å². The maximum Gasteiger partial charge on any atom is 0.267 e. The number of thioether (sulfide) groups is 1. The van der Waals surface area contributed by atoms with Crippen molar-refractivity contribution in [3.8, 4) is 11.3 Å². The Balaban J connectivity index is 1.22. The fraction of sp³-hybridized carbons (Fsp3) is 0.200. The second kappa shape index (κ2) is 9.73. The summed E-state index contributed by atoms with van der Waals surface area (Å²) in [6, 6.07) is 21.6. The third-order valence-corrected chi connectivity index (χ3v) is 7.33. The average molecular weight is 496 g/mol. The van der Waals surface area contributed by atoms with Gasteiger partial charge in [0.2, 0.25) is 0 Å². The molecule has 0 saturated carbocycles. The fourth-order valence-electron chi connectivity index (χ4n) is 3.96. The summed E-state index contributed by atoms with van der Waals surface area (Å²) in [6.07, 6.45) is 1.76. The lowest BCUT2D eigenvalue weighted by molar-refractivity contribution is -0.123. The van der Waals surface area contributed by atoms with Crippen LogP contribution in [0.15, 0.2) is 76.1 Å². The molecular weight excluding hydrogens is 474 g/mol. The number of benzene rings is 2. The molecular formula is C25H22ClN3O2S2. The number of rotatable bonds is 5. The fourth-order valence-corrected chi connectivity index (χ4v) is 5.38. The minimum atomic E-state index is -0.0730. The number of hydrogen-bond acceptors (Lipinski definition) is 6. The number of piperazine rings is 1. The summed E-state index contributed by atoms with van der Waals surface area (Å²) in [5.74, 6) is 1.24. The normalized spacial score (nSPS) is 18.5. The van der Waals surface area contributed by atoms with E-state index in [9.17, 15) is 4.79 Å². The van der Waals surface area contributed by atoms with E-state index in [-0.39, 0.29) is 5.91 Å². The maximum absolute atomic E-state index is 13.1. The molecule has 2 aliphatic rings. The number of thiocarbonyl (C=S) groups is 1. The Labute approximate surface area is 207 Å². The highest BCUT2D eigenvalue weighted by molar-refractivity contribution is 8.26. The minimum Gasteiger partial charge on any atom is -0.457 e. The van der Waals surface area contributed by atoms with Crippen molar-refractivity contribution < 1.29 is 9.21 Å². The molecule has 5 rings (SSSR count). The van der Waals surface area contributed by atoms with E-state index in [1.165, 1.54) is 17.4 Å². The molecule has 0 bridgehead atoms. The van der Waals surface area contributed by atoms with Crippen LogP contribution in [0.25, 0.3) is 17.4 Å². The largest absolute Gasteiger partial charge is 0.457 e. The zero-order chi connectivity index (χ0) is 22.8. The molecule has 33 heavy (non-hydrogen) atoms. The van der Waals surface area contributed by atoms with Crippen molar-refractivity contribution in [3.63, 3.8) is 0 Å². The smallest absolute Gasteiger partial charge is 0.267 e. The van der Waals surface area contributed by atoms with Gasteiger partial charge in [0, 0.05) is 48.5 Å². The molecule has 1 aromatic heterocycles. The van der Waals surface area contributed by atoms with Crippen LogP contribution >= 0.6 is 35.6 Å². The maximum atomic E-state index is 13.1. The molecule has 3 aromatic rings. The summed E-state index contributed by atoms with van der Waals surface area (Å²) in [5.41, 5.74) is 2.13. The van der Waals surface area contributed by atoms with Crippen LogP contribution in [0.4, 0.5) is 5.69 Å². The Morgan fingerprint density at radius 2 is 1.79 bits per heavy atom. The molecule has 0 atom stereocenters. The first-order valence-corrected chi connectivity index (χ1v) is 12.3. The van der Waals surface area contributed by atoms with Gasteiger partial charge >= 0.3 is 0 Å². The lowest BCUT2D eigenvalue weighted by Crippen LogP contribution is -2.50. The van der Waals surface area contributed by atoms with Crippen LogP contribution < -0.4 is 4.90 Å². The van der Waals surface area contributed by atoms with Crippen molar-refractivity contribution in [2.45, 2.75) is 0 Å². The highest BCUT2D eigenvalue weighted by Gasteiger charge is 2.34. The predicted molar refractivity (Wildman–Crippen MR) is 139 cm³/mol. The SMILES string of the molecule is O=C1/C(=C\c2ccc(-c3cccc(Cl)c3)o2)SC(=S)N1CN1CCN(c2ccccc2)CC1. The third-order valence-electron chi connectivity index (χ3n) is 5.72. The van der Waals surface area contributed by atoms with Gasteiger partial charge in [0.25, 0.3) is 5.91 Å². The van der Waals surface area contributed by atoms with Crippen molar-refractivity contribution in [1.82, 2.24) is 9.80 Å². The van der Waals surface area contributed by atoms with E-state index in [1.807, 2.05) is 42.5 Å². The second-order valence-electron chi connectivity index (χ2n) is 7.90. The van der Waals surface area contributed by atoms with Crippen LogP contribution in [0.3, 0.4) is 0 Å². The van der Waals surface area contributed by atoms with Crippen LogP contribution in [-0.2, 0) is 4.79 Å². The molecule has 1 amide bonds. The van der Waals surface area contributed by atoms with Crippen molar-refractivity contribution in [2.75, 3.05) is 37.7 Å². The van der Waals surface area contributed by atoms with Crippen LogP contribution in [-0.4, -0.2) is 52.9 Å². The van der Waals surface area contributed by atoms with E-state index < -0.39 is 0 Å². The highest BCUT2D eigenvalue weighted by Crippen LogP contribution is 2.34. The molecule has 0 aliphatic carbocycles. The monoisotopic (exact) mass is 495 g/mol. The number of hydrogen-bond donors (Lipinski definition) is 0. The predicted octanol–water partition coefficient (Wildman–Crippen LogP) is 5.58. The number of nitrogens with zero attached hydrogens (tertiary/aromatic N) is 3. The third kappa shape index (κ3) is 5.01.